The van der Waals surface area contributed by atoms with E-state index in [0.29, 0.717) is 0 Å². The fraction of sp³-hybridized carbons (Fsp3) is 0.455. The number of hydrogen-bond acceptors (Lipinski definition) is 1. The molecule has 4 bridgehead atoms. The molecule has 0 spiro atoms. The third-order valence-electron chi connectivity index (χ3n) is 6.52. The predicted octanol–water partition coefficient (Wildman–Crippen LogP) is 5.69. The van der Waals surface area contributed by atoms with Crippen molar-refractivity contribution in [3.63, 3.8) is 0 Å². The van der Waals surface area contributed by atoms with Gasteiger partial charge in [-0.1, -0.05) is 48.0 Å². The molecule has 4 fully saturated rings. The zero-order valence-corrected chi connectivity index (χ0v) is 13.8. The number of allylic oxidation sites excluding steroid dienone is 1. The van der Waals surface area contributed by atoms with Gasteiger partial charge >= 0.3 is 0 Å². The summed E-state index contributed by atoms with van der Waals surface area (Å²) in [7, 11) is 1.81. The van der Waals surface area contributed by atoms with Crippen LogP contribution in [0.5, 0.6) is 5.75 Å². The molecule has 4 aliphatic carbocycles. The lowest BCUT2D eigenvalue weighted by Crippen LogP contribution is -2.40. The van der Waals surface area contributed by atoms with Gasteiger partial charge < -0.3 is 4.74 Å². The topological polar surface area (TPSA) is 9.23 Å². The molecule has 0 aliphatic heterocycles. The number of benzene rings is 2. The van der Waals surface area contributed by atoms with Gasteiger partial charge in [0.2, 0.25) is 0 Å². The highest BCUT2D eigenvalue weighted by molar-refractivity contribution is 5.92. The van der Waals surface area contributed by atoms with Crippen molar-refractivity contribution in [2.75, 3.05) is 7.11 Å². The lowest BCUT2D eigenvalue weighted by atomic mass is 9.54. The van der Waals surface area contributed by atoms with Crippen molar-refractivity contribution in [1.82, 2.24) is 0 Å². The van der Waals surface area contributed by atoms with Crippen LogP contribution in [-0.4, -0.2) is 7.11 Å². The van der Waals surface area contributed by atoms with Crippen LogP contribution >= 0.6 is 0 Å². The average Bonchev–Trinajstić information content (AvgIpc) is 2.57. The van der Waals surface area contributed by atoms with Crippen molar-refractivity contribution in [3.8, 4) is 5.75 Å². The Hall–Kier alpha value is -1.76. The van der Waals surface area contributed by atoms with Crippen LogP contribution < -0.4 is 4.74 Å². The van der Waals surface area contributed by atoms with Crippen molar-refractivity contribution >= 4 is 16.8 Å². The average molecular weight is 304 g/mol. The molecule has 118 valence electrons. The first-order chi connectivity index (χ1) is 11.3. The van der Waals surface area contributed by atoms with Gasteiger partial charge in [0.25, 0.3) is 0 Å². The number of fused-ring (bicyclic) bond motifs is 1. The molecule has 1 heteroatoms. The van der Waals surface area contributed by atoms with Gasteiger partial charge in [0.15, 0.2) is 0 Å². The Morgan fingerprint density at radius 3 is 2.26 bits per heavy atom. The summed E-state index contributed by atoms with van der Waals surface area (Å²) in [5.74, 6) is 4.79. The van der Waals surface area contributed by atoms with E-state index < -0.39 is 0 Å². The molecule has 2 aromatic rings. The van der Waals surface area contributed by atoms with Crippen LogP contribution in [0.3, 0.4) is 0 Å². The summed E-state index contributed by atoms with van der Waals surface area (Å²) in [5, 5.41) is 2.49. The van der Waals surface area contributed by atoms with Crippen molar-refractivity contribution in [3.05, 3.63) is 47.5 Å². The maximum atomic E-state index is 5.81. The fourth-order valence-corrected chi connectivity index (χ4v) is 5.74. The molecule has 0 atom stereocenters. The highest BCUT2D eigenvalue weighted by Gasteiger charge is 2.44. The van der Waals surface area contributed by atoms with E-state index in [1.54, 1.807) is 12.7 Å². The normalized spacial score (nSPS) is 31.6. The van der Waals surface area contributed by atoms with Crippen LogP contribution in [0.1, 0.15) is 37.7 Å². The van der Waals surface area contributed by atoms with Gasteiger partial charge in [0.05, 0.1) is 7.11 Å². The van der Waals surface area contributed by atoms with Crippen LogP contribution in [0.25, 0.3) is 16.8 Å². The van der Waals surface area contributed by atoms with Crippen molar-refractivity contribution in [1.29, 1.82) is 0 Å². The van der Waals surface area contributed by atoms with Gasteiger partial charge in [-0.25, -0.2) is 0 Å². The minimum Gasteiger partial charge on any atom is -0.495 e. The molecule has 2 aromatic carbocycles. The number of methoxy groups -OCH3 is 1. The summed E-state index contributed by atoms with van der Waals surface area (Å²) in [6.07, 6.45) is 9.75. The summed E-state index contributed by atoms with van der Waals surface area (Å²) >= 11 is 0. The molecular weight excluding hydrogens is 280 g/mol. The van der Waals surface area contributed by atoms with Crippen LogP contribution in [0.4, 0.5) is 0 Å². The largest absolute Gasteiger partial charge is 0.495 e. The van der Waals surface area contributed by atoms with E-state index in [0.717, 1.165) is 29.4 Å². The summed E-state index contributed by atoms with van der Waals surface area (Å²) < 4.78 is 5.81. The lowest BCUT2D eigenvalue weighted by molar-refractivity contribution is 0.0710. The first-order valence-corrected chi connectivity index (χ1v) is 9.09. The van der Waals surface area contributed by atoms with Gasteiger partial charge in [-0.2, -0.15) is 0 Å². The Morgan fingerprint density at radius 1 is 0.870 bits per heavy atom. The van der Waals surface area contributed by atoms with Crippen LogP contribution in [0.15, 0.2) is 42.0 Å². The molecule has 0 amide bonds. The highest BCUT2D eigenvalue weighted by Crippen LogP contribution is 2.56. The summed E-state index contributed by atoms with van der Waals surface area (Å²) in [5.41, 5.74) is 3.00. The molecule has 4 saturated carbocycles. The molecule has 1 nitrogen and oxygen atoms in total. The molecule has 6 rings (SSSR count). The molecule has 0 saturated heterocycles. The van der Waals surface area contributed by atoms with E-state index in [9.17, 15) is 0 Å². The number of rotatable bonds is 2. The Labute approximate surface area is 138 Å². The molecule has 4 aliphatic rings. The van der Waals surface area contributed by atoms with Gasteiger partial charge in [0, 0.05) is 10.9 Å². The SMILES string of the molecule is COc1c(C=C2C3CC4CC(C3)CC2C4)ccc2ccccc12. The quantitative estimate of drug-likeness (QED) is 0.692. The third-order valence-corrected chi connectivity index (χ3v) is 6.52. The Bertz CT molecular complexity index is 756. The monoisotopic (exact) mass is 304 g/mol. The third kappa shape index (κ3) is 2.13. The molecule has 0 heterocycles. The second-order valence-electron chi connectivity index (χ2n) is 7.86. The van der Waals surface area contributed by atoms with Gasteiger partial charge in [-0.05, 0) is 61.2 Å². The molecule has 0 unspecified atom stereocenters. The zero-order chi connectivity index (χ0) is 15.4. The van der Waals surface area contributed by atoms with E-state index in [2.05, 4.69) is 42.5 Å². The molecular formula is C22H24O. The standard InChI is InChI=1S/C22H24O/c1-23-22-17(7-6-16-4-2-3-5-20(16)22)13-21-18-9-14-8-15(11-18)12-19(21)10-14/h2-7,13-15,18-19H,8-12H2,1H3. The maximum absolute atomic E-state index is 5.81. The van der Waals surface area contributed by atoms with E-state index in [1.807, 2.05) is 0 Å². The van der Waals surface area contributed by atoms with E-state index in [4.69, 9.17) is 4.74 Å². The Morgan fingerprint density at radius 2 is 1.57 bits per heavy atom. The van der Waals surface area contributed by atoms with Crippen molar-refractivity contribution < 1.29 is 4.74 Å². The van der Waals surface area contributed by atoms with E-state index in [1.165, 1.54) is 48.4 Å². The maximum Gasteiger partial charge on any atom is 0.133 e. The minimum absolute atomic E-state index is 0.849. The number of hydrogen-bond donors (Lipinski definition) is 0. The summed E-state index contributed by atoms with van der Waals surface area (Å²) in [4.78, 5) is 0. The first-order valence-electron chi connectivity index (χ1n) is 9.09. The van der Waals surface area contributed by atoms with Crippen LogP contribution in [-0.2, 0) is 0 Å². The van der Waals surface area contributed by atoms with Crippen molar-refractivity contribution in [2.24, 2.45) is 23.7 Å². The molecule has 0 radical (unpaired) electrons. The molecule has 0 aromatic heterocycles. The highest BCUT2D eigenvalue weighted by atomic mass is 16.5. The van der Waals surface area contributed by atoms with Gasteiger partial charge in [-0.15, -0.1) is 0 Å². The second kappa shape index (κ2) is 5.12. The predicted molar refractivity (Wildman–Crippen MR) is 95.5 cm³/mol. The Balaban J connectivity index is 1.61. The van der Waals surface area contributed by atoms with Gasteiger partial charge in [-0.3, -0.25) is 0 Å². The summed E-state index contributed by atoms with van der Waals surface area (Å²) in [6.45, 7) is 0. The van der Waals surface area contributed by atoms with Gasteiger partial charge in [0.1, 0.15) is 5.75 Å². The van der Waals surface area contributed by atoms with E-state index >= 15 is 0 Å². The van der Waals surface area contributed by atoms with Crippen molar-refractivity contribution in [2.45, 2.75) is 32.1 Å². The van der Waals surface area contributed by atoms with Crippen LogP contribution in [0, 0.1) is 23.7 Å². The second-order valence-corrected chi connectivity index (χ2v) is 7.86. The smallest absolute Gasteiger partial charge is 0.133 e. The Kier molecular flexibility index (Phi) is 3.04. The molecule has 23 heavy (non-hydrogen) atoms. The number of ether oxygens (including phenoxy) is 1. The lowest BCUT2D eigenvalue weighted by Gasteiger charge is -2.51. The first kappa shape index (κ1) is 13.7. The fourth-order valence-electron chi connectivity index (χ4n) is 5.74. The van der Waals surface area contributed by atoms with Crippen LogP contribution in [0.2, 0.25) is 0 Å². The van der Waals surface area contributed by atoms with E-state index in [-0.39, 0.29) is 0 Å². The molecule has 0 N–H and O–H groups in total. The zero-order valence-electron chi connectivity index (χ0n) is 13.8. The summed E-state index contributed by atoms with van der Waals surface area (Å²) in [6, 6.07) is 13.0. The minimum atomic E-state index is 0.849.